The summed E-state index contributed by atoms with van der Waals surface area (Å²) in [7, 11) is 0. The van der Waals surface area contributed by atoms with E-state index in [0.717, 1.165) is 29.6 Å². The summed E-state index contributed by atoms with van der Waals surface area (Å²) < 4.78 is 5.44. The lowest BCUT2D eigenvalue weighted by molar-refractivity contribution is -0.169. The molecule has 0 aromatic carbocycles. The van der Waals surface area contributed by atoms with E-state index in [-0.39, 0.29) is 17.6 Å². The summed E-state index contributed by atoms with van der Waals surface area (Å²) in [6.45, 7) is 17.1. The van der Waals surface area contributed by atoms with Gasteiger partial charge < -0.3 is 9.84 Å². The molecule has 0 bridgehead atoms. The summed E-state index contributed by atoms with van der Waals surface area (Å²) in [6, 6.07) is 0. The van der Waals surface area contributed by atoms with Crippen LogP contribution in [0.25, 0.3) is 0 Å². The topological polar surface area (TPSA) is 63.6 Å². The van der Waals surface area contributed by atoms with Gasteiger partial charge in [-0.15, -0.1) is 0 Å². The minimum Gasteiger partial charge on any atom is -0.454 e. The molecule has 4 atom stereocenters. The van der Waals surface area contributed by atoms with E-state index in [1.807, 2.05) is 46.8 Å². The molecule has 4 nitrogen and oxygen atoms in total. The normalized spacial score (nSPS) is 24.5. The number of Topliss-reactive ketones (excluding diaryl/α,β-unsaturated/α-hetero) is 2. The molecule has 0 aromatic rings. The van der Waals surface area contributed by atoms with Gasteiger partial charge in [0, 0.05) is 18.4 Å². The SMILES string of the molecule is CCC(C)CC(C)C(=O)C(C)=CC(C)C=C(C)C=C(C)C1=C(C)C(=O)C(C)(O)O1. The molecule has 0 amide bonds. The van der Waals surface area contributed by atoms with Crippen molar-refractivity contribution in [3.63, 3.8) is 0 Å². The Hall–Kier alpha value is -1.94. The molecule has 0 radical (unpaired) electrons. The number of carbonyl (C=O) groups is 2. The van der Waals surface area contributed by atoms with Crippen LogP contribution >= 0.6 is 0 Å². The highest BCUT2D eigenvalue weighted by Crippen LogP contribution is 2.32. The van der Waals surface area contributed by atoms with E-state index < -0.39 is 11.6 Å². The van der Waals surface area contributed by atoms with Gasteiger partial charge in [0.1, 0.15) is 5.76 Å². The quantitative estimate of drug-likeness (QED) is 0.398. The highest BCUT2D eigenvalue weighted by atomic mass is 16.6. The Morgan fingerprint density at radius 2 is 1.76 bits per heavy atom. The van der Waals surface area contributed by atoms with Gasteiger partial charge in [0.25, 0.3) is 5.79 Å². The van der Waals surface area contributed by atoms with Crippen molar-refractivity contribution in [1.82, 2.24) is 0 Å². The Labute approximate surface area is 176 Å². The second kappa shape index (κ2) is 10.2. The molecule has 4 unspecified atom stereocenters. The second-order valence-electron chi connectivity index (χ2n) is 8.83. The number of rotatable bonds is 9. The minimum absolute atomic E-state index is 0.0420. The van der Waals surface area contributed by atoms with Crippen molar-refractivity contribution in [2.45, 2.75) is 80.9 Å². The monoisotopic (exact) mass is 402 g/mol. The molecule has 0 aliphatic carbocycles. The predicted octanol–water partition coefficient (Wildman–Crippen LogP) is 5.68. The summed E-state index contributed by atoms with van der Waals surface area (Å²) >= 11 is 0. The van der Waals surface area contributed by atoms with Gasteiger partial charge in [-0.1, -0.05) is 57.9 Å². The van der Waals surface area contributed by atoms with Crippen LogP contribution < -0.4 is 0 Å². The molecule has 0 saturated carbocycles. The molecule has 29 heavy (non-hydrogen) atoms. The van der Waals surface area contributed by atoms with E-state index in [0.29, 0.717) is 17.3 Å². The summed E-state index contributed by atoms with van der Waals surface area (Å²) in [5.74, 6) is -0.844. The first-order chi connectivity index (χ1) is 13.3. The summed E-state index contributed by atoms with van der Waals surface area (Å²) in [5.41, 5.74) is 3.02. The lowest BCUT2D eigenvalue weighted by Gasteiger charge is -2.16. The standard InChI is InChI=1S/C25H38O4/c1-10-15(2)12-18(5)22(26)19(6)13-16(3)11-17(4)14-20(7)23-21(8)24(27)25(9,28)29-23/h11,13-16,18,28H,10,12H2,1-9H3. The van der Waals surface area contributed by atoms with Crippen LogP contribution in [0.15, 0.2) is 46.3 Å². The van der Waals surface area contributed by atoms with Crippen LogP contribution in [0, 0.1) is 17.8 Å². The minimum atomic E-state index is -1.79. The lowest BCUT2D eigenvalue weighted by Crippen LogP contribution is -2.32. The molecule has 0 spiro atoms. The Kier molecular flexibility index (Phi) is 8.83. The zero-order chi connectivity index (χ0) is 22.5. The number of aliphatic hydroxyl groups is 1. The number of hydrogen-bond donors (Lipinski definition) is 1. The summed E-state index contributed by atoms with van der Waals surface area (Å²) in [5, 5.41) is 10.0. The first kappa shape index (κ1) is 25.1. The smallest absolute Gasteiger partial charge is 0.269 e. The Balaban J connectivity index is 2.89. The molecule has 1 heterocycles. The Bertz CT molecular complexity index is 762. The number of ether oxygens (including phenoxy) is 1. The average Bonchev–Trinajstić information content (AvgIpc) is 2.83. The van der Waals surface area contributed by atoms with Crippen LogP contribution in [0.2, 0.25) is 0 Å². The second-order valence-corrected chi connectivity index (χ2v) is 8.83. The van der Waals surface area contributed by atoms with E-state index in [4.69, 9.17) is 4.74 Å². The van der Waals surface area contributed by atoms with E-state index in [1.165, 1.54) is 6.92 Å². The highest BCUT2D eigenvalue weighted by Gasteiger charge is 2.42. The largest absolute Gasteiger partial charge is 0.454 e. The number of ketones is 2. The molecular weight excluding hydrogens is 364 g/mol. The van der Waals surface area contributed by atoms with Crippen molar-refractivity contribution in [1.29, 1.82) is 0 Å². The molecule has 1 rings (SSSR count). The summed E-state index contributed by atoms with van der Waals surface area (Å²) in [4.78, 5) is 24.6. The number of hydrogen-bond acceptors (Lipinski definition) is 4. The van der Waals surface area contributed by atoms with Gasteiger partial charge in [0.2, 0.25) is 5.78 Å². The van der Waals surface area contributed by atoms with Gasteiger partial charge in [-0.05, 0) is 57.1 Å². The third-order valence-corrected chi connectivity index (χ3v) is 5.53. The van der Waals surface area contributed by atoms with Crippen molar-refractivity contribution in [3.8, 4) is 0 Å². The molecule has 0 aromatic heterocycles. The van der Waals surface area contributed by atoms with Gasteiger partial charge in [0.15, 0.2) is 5.78 Å². The highest BCUT2D eigenvalue weighted by molar-refractivity contribution is 6.03. The average molecular weight is 403 g/mol. The van der Waals surface area contributed by atoms with Crippen LogP contribution in [-0.2, 0) is 14.3 Å². The van der Waals surface area contributed by atoms with Gasteiger partial charge in [-0.25, -0.2) is 0 Å². The molecule has 1 N–H and O–H groups in total. The van der Waals surface area contributed by atoms with Crippen LogP contribution in [0.5, 0.6) is 0 Å². The molecule has 162 valence electrons. The van der Waals surface area contributed by atoms with Crippen LogP contribution in [0.3, 0.4) is 0 Å². The molecular formula is C25H38O4. The number of allylic oxidation sites excluding steroid dienone is 6. The van der Waals surface area contributed by atoms with Crippen LogP contribution in [0.4, 0.5) is 0 Å². The van der Waals surface area contributed by atoms with Crippen LogP contribution in [-0.4, -0.2) is 22.5 Å². The first-order valence-electron chi connectivity index (χ1n) is 10.6. The fraction of sp³-hybridized carbons (Fsp3) is 0.600. The molecule has 0 fully saturated rings. The van der Waals surface area contributed by atoms with Gasteiger partial charge in [-0.3, -0.25) is 9.59 Å². The molecule has 4 heteroatoms. The third-order valence-electron chi connectivity index (χ3n) is 5.53. The maximum Gasteiger partial charge on any atom is 0.269 e. The molecule has 1 aliphatic rings. The van der Waals surface area contributed by atoms with E-state index in [2.05, 4.69) is 19.9 Å². The Morgan fingerprint density at radius 3 is 2.24 bits per heavy atom. The summed E-state index contributed by atoms with van der Waals surface area (Å²) in [6.07, 6.45) is 8.02. The van der Waals surface area contributed by atoms with Crippen molar-refractivity contribution >= 4 is 11.6 Å². The van der Waals surface area contributed by atoms with E-state index in [1.54, 1.807) is 6.92 Å². The third kappa shape index (κ3) is 6.81. The fourth-order valence-electron chi connectivity index (χ4n) is 3.81. The predicted molar refractivity (Wildman–Crippen MR) is 118 cm³/mol. The van der Waals surface area contributed by atoms with Gasteiger partial charge >= 0.3 is 0 Å². The van der Waals surface area contributed by atoms with Crippen molar-refractivity contribution in [2.75, 3.05) is 0 Å². The number of carbonyl (C=O) groups excluding carboxylic acids is 2. The van der Waals surface area contributed by atoms with Crippen LogP contribution in [0.1, 0.15) is 75.2 Å². The Morgan fingerprint density at radius 1 is 1.17 bits per heavy atom. The fourth-order valence-corrected chi connectivity index (χ4v) is 3.81. The van der Waals surface area contributed by atoms with Gasteiger partial charge in [0.05, 0.1) is 0 Å². The van der Waals surface area contributed by atoms with E-state index >= 15 is 0 Å². The first-order valence-corrected chi connectivity index (χ1v) is 10.6. The zero-order valence-electron chi connectivity index (χ0n) is 19.6. The lowest BCUT2D eigenvalue weighted by atomic mass is 9.88. The van der Waals surface area contributed by atoms with Gasteiger partial charge in [-0.2, -0.15) is 0 Å². The van der Waals surface area contributed by atoms with Crippen molar-refractivity contribution in [3.05, 3.63) is 46.3 Å². The zero-order valence-corrected chi connectivity index (χ0v) is 19.6. The van der Waals surface area contributed by atoms with E-state index in [9.17, 15) is 14.7 Å². The molecule has 1 aliphatic heterocycles. The van der Waals surface area contributed by atoms with Crippen molar-refractivity contribution < 1.29 is 19.4 Å². The molecule has 0 saturated heterocycles. The van der Waals surface area contributed by atoms with Crippen molar-refractivity contribution in [2.24, 2.45) is 17.8 Å². The maximum absolute atomic E-state index is 12.6. The maximum atomic E-state index is 12.6.